The Bertz CT molecular complexity index is 97.6. The zero-order chi connectivity index (χ0) is 11.9. The zero-order valence-corrected chi connectivity index (χ0v) is 11.1. The summed E-state index contributed by atoms with van der Waals surface area (Å²) in [5.74, 6) is 0.737. The van der Waals surface area contributed by atoms with E-state index in [4.69, 9.17) is 9.47 Å². The van der Waals surface area contributed by atoms with Gasteiger partial charge in [-0.3, -0.25) is 0 Å². The third kappa shape index (κ3) is 20.1. The molecule has 1 N–H and O–H groups in total. The predicted octanol–water partition coefficient (Wildman–Crippen LogP) is 2.31. The molecule has 0 heterocycles. The van der Waals surface area contributed by atoms with Gasteiger partial charge in [0.05, 0.1) is 13.2 Å². The van der Waals surface area contributed by atoms with Gasteiger partial charge in [0.1, 0.15) is 0 Å². The Hall–Kier alpha value is -0.120. The summed E-state index contributed by atoms with van der Waals surface area (Å²) >= 11 is 0. The maximum absolute atomic E-state index is 5.42. The van der Waals surface area contributed by atoms with Gasteiger partial charge in [0, 0.05) is 26.8 Å². The molecule has 0 rings (SSSR count). The molecule has 0 saturated carbocycles. The molecule has 0 spiro atoms. The molecule has 0 saturated heterocycles. The number of hydrogen-bond acceptors (Lipinski definition) is 3. The summed E-state index contributed by atoms with van der Waals surface area (Å²) in [7, 11) is 1.71. The number of rotatable bonds is 9. The van der Waals surface area contributed by atoms with Crippen LogP contribution >= 0.6 is 0 Å². The van der Waals surface area contributed by atoms with E-state index in [9.17, 15) is 0 Å². The topological polar surface area (TPSA) is 30.5 Å². The lowest BCUT2D eigenvalue weighted by Gasteiger charge is -2.07. The smallest absolute Gasteiger partial charge is 0.0590 e. The monoisotopic (exact) mass is 219 g/mol. The first-order valence-corrected chi connectivity index (χ1v) is 6.04. The fourth-order valence-electron chi connectivity index (χ4n) is 0.865. The number of ether oxygens (including phenoxy) is 2. The van der Waals surface area contributed by atoms with Gasteiger partial charge in [-0.2, -0.15) is 0 Å². The second kappa shape index (κ2) is 16.3. The second-order valence-electron chi connectivity index (χ2n) is 3.54. The molecule has 0 aromatic rings. The van der Waals surface area contributed by atoms with Gasteiger partial charge in [0.15, 0.2) is 0 Å². The second-order valence-corrected chi connectivity index (χ2v) is 3.54. The third-order valence-electron chi connectivity index (χ3n) is 1.75. The van der Waals surface area contributed by atoms with Crippen molar-refractivity contribution in [2.45, 2.75) is 34.1 Å². The molecule has 15 heavy (non-hydrogen) atoms. The van der Waals surface area contributed by atoms with Crippen LogP contribution in [0.25, 0.3) is 0 Å². The number of methoxy groups -OCH3 is 1. The van der Waals surface area contributed by atoms with Gasteiger partial charge < -0.3 is 14.8 Å². The molecule has 94 valence electrons. The Balaban J connectivity index is 0. The summed E-state index contributed by atoms with van der Waals surface area (Å²) in [5.41, 5.74) is 0. The predicted molar refractivity (Wildman–Crippen MR) is 66.4 cm³/mol. The maximum atomic E-state index is 5.42. The molecule has 0 aliphatic heterocycles. The number of hydrogen-bond donors (Lipinski definition) is 1. The molecule has 0 radical (unpaired) electrons. The highest BCUT2D eigenvalue weighted by Gasteiger charge is 1.93. The molecular formula is C12H29NO2. The highest BCUT2D eigenvalue weighted by Crippen LogP contribution is 1.97. The fraction of sp³-hybridized carbons (Fsp3) is 1.00. The Morgan fingerprint density at radius 3 is 2.13 bits per heavy atom. The van der Waals surface area contributed by atoms with Crippen LogP contribution in [0.5, 0.6) is 0 Å². The summed E-state index contributed by atoms with van der Waals surface area (Å²) in [4.78, 5) is 0. The first-order chi connectivity index (χ1) is 7.27. The van der Waals surface area contributed by atoms with Gasteiger partial charge >= 0.3 is 0 Å². The van der Waals surface area contributed by atoms with Crippen molar-refractivity contribution >= 4 is 0 Å². The van der Waals surface area contributed by atoms with E-state index in [1.165, 1.54) is 0 Å². The maximum Gasteiger partial charge on any atom is 0.0590 e. The van der Waals surface area contributed by atoms with E-state index < -0.39 is 0 Å². The van der Waals surface area contributed by atoms with E-state index in [0.29, 0.717) is 0 Å². The highest BCUT2D eigenvalue weighted by molar-refractivity contribution is 4.46. The van der Waals surface area contributed by atoms with E-state index in [2.05, 4.69) is 19.2 Å². The zero-order valence-electron chi connectivity index (χ0n) is 11.1. The van der Waals surface area contributed by atoms with Crippen LogP contribution < -0.4 is 5.32 Å². The summed E-state index contributed by atoms with van der Waals surface area (Å²) in [6.45, 7) is 12.7. The van der Waals surface area contributed by atoms with Crippen LogP contribution in [0.3, 0.4) is 0 Å². The van der Waals surface area contributed by atoms with E-state index in [1.54, 1.807) is 7.11 Å². The first kappa shape index (κ1) is 17.3. The van der Waals surface area contributed by atoms with Crippen LogP contribution in [-0.2, 0) is 9.47 Å². The van der Waals surface area contributed by atoms with Crippen LogP contribution in [0.15, 0.2) is 0 Å². The quantitative estimate of drug-likeness (QED) is 0.604. The van der Waals surface area contributed by atoms with Gasteiger partial charge in [-0.25, -0.2) is 0 Å². The van der Waals surface area contributed by atoms with Crippen molar-refractivity contribution in [3.8, 4) is 0 Å². The summed E-state index contributed by atoms with van der Waals surface area (Å²) in [5, 5.41) is 3.22. The normalized spacial score (nSPS) is 10.0. The Morgan fingerprint density at radius 2 is 1.60 bits per heavy atom. The standard InChI is InChI=1S/C10H23NO2.C2H6/c1-10(2)4-7-13-9-6-11-5-8-12-3;1-2/h10-11H,4-9H2,1-3H3;1-2H3. The minimum Gasteiger partial charge on any atom is -0.383 e. The Morgan fingerprint density at radius 1 is 1.00 bits per heavy atom. The largest absolute Gasteiger partial charge is 0.383 e. The minimum absolute atomic E-state index is 0.737. The third-order valence-corrected chi connectivity index (χ3v) is 1.75. The average Bonchev–Trinajstić information content (AvgIpc) is 2.24. The molecule has 0 aromatic heterocycles. The average molecular weight is 219 g/mol. The van der Waals surface area contributed by atoms with Crippen molar-refractivity contribution in [3.63, 3.8) is 0 Å². The molecule has 0 aliphatic carbocycles. The molecular weight excluding hydrogens is 190 g/mol. The first-order valence-electron chi connectivity index (χ1n) is 6.04. The van der Waals surface area contributed by atoms with Crippen molar-refractivity contribution in [1.82, 2.24) is 5.32 Å². The van der Waals surface area contributed by atoms with Gasteiger partial charge in [-0.05, 0) is 12.3 Å². The van der Waals surface area contributed by atoms with E-state index >= 15 is 0 Å². The van der Waals surface area contributed by atoms with Gasteiger partial charge in [-0.15, -0.1) is 0 Å². The summed E-state index contributed by atoms with van der Waals surface area (Å²) in [6.07, 6.45) is 1.15. The molecule has 0 bridgehead atoms. The Labute approximate surface area is 95.5 Å². The van der Waals surface area contributed by atoms with Crippen LogP contribution in [0.4, 0.5) is 0 Å². The van der Waals surface area contributed by atoms with Crippen molar-refractivity contribution in [3.05, 3.63) is 0 Å². The molecule has 0 amide bonds. The van der Waals surface area contributed by atoms with Crippen molar-refractivity contribution in [1.29, 1.82) is 0 Å². The lowest BCUT2D eigenvalue weighted by molar-refractivity contribution is 0.122. The summed E-state index contributed by atoms with van der Waals surface area (Å²) < 4.78 is 10.3. The lowest BCUT2D eigenvalue weighted by Crippen LogP contribution is -2.23. The van der Waals surface area contributed by atoms with Gasteiger partial charge in [0.25, 0.3) is 0 Å². The molecule has 0 unspecified atom stereocenters. The molecule has 0 atom stereocenters. The number of nitrogens with one attached hydrogen (secondary N) is 1. The molecule has 0 aromatic carbocycles. The minimum atomic E-state index is 0.737. The van der Waals surface area contributed by atoms with Crippen LogP contribution in [0.1, 0.15) is 34.1 Å². The Kier molecular flexibility index (Phi) is 18.8. The molecule has 0 fully saturated rings. The fourth-order valence-corrected chi connectivity index (χ4v) is 0.865. The molecule has 0 aliphatic rings. The SMILES string of the molecule is CC.COCCNCCOCCC(C)C. The van der Waals surface area contributed by atoms with E-state index in [0.717, 1.165) is 45.2 Å². The van der Waals surface area contributed by atoms with E-state index in [-0.39, 0.29) is 0 Å². The molecule has 3 nitrogen and oxygen atoms in total. The van der Waals surface area contributed by atoms with Crippen LogP contribution in [0, 0.1) is 5.92 Å². The van der Waals surface area contributed by atoms with Crippen molar-refractivity contribution in [2.75, 3.05) is 40.0 Å². The van der Waals surface area contributed by atoms with Gasteiger partial charge in [0.2, 0.25) is 0 Å². The van der Waals surface area contributed by atoms with Crippen molar-refractivity contribution < 1.29 is 9.47 Å². The molecule has 3 heteroatoms. The van der Waals surface area contributed by atoms with Crippen molar-refractivity contribution in [2.24, 2.45) is 5.92 Å². The summed E-state index contributed by atoms with van der Waals surface area (Å²) in [6, 6.07) is 0. The van der Waals surface area contributed by atoms with Crippen LogP contribution in [-0.4, -0.2) is 40.0 Å². The van der Waals surface area contributed by atoms with E-state index in [1.807, 2.05) is 13.8 Å². The lowest BCUT2D eigenvalue weighted by atomic mass is 10.1. The van der Waals surface area contributed by atoms with Gasteiger partial charge in [-0.1, -0.05) is 27.7 Å². The highest BCUT2D eigenvalue weighted by atomic mass is 16.5. The van der Waals surface area contributed by atoms with Crippen LogP contribution in [0.2, 0.25) is 0 Å².